The molecule has 0 atom stereocenters. The number of nitrogens with one attached hydrogen (secondary N) is 3. The summed E-state index contributed by atoms with van der Waals surface area (Å²) in [5, 5.41) is 2.87. The van der Waals surface area contributed by atoms with Crippen molar-refractivity contribution in [1.29, 1.82) is 0 Å². The maximum atomic E-state index is 12.0. The number of benzene rings is 2. The fraction of sp³-hybridized carbons (Fsp3) is 0.0625. The number of rotatable bonds is 2. The van der Waals surface area contributed by atoms with E-state index in [1.54, 1.807) is 30.3 Å². The monoisotopic (exact) mass is 425 g/mol. The first-order chi connectivity index (χ1) is 11.4. The highest BCUT2D eigenvalue weighted by Crippen LogP contribution is 2.17. The molecule has 0 saturated heterocycles. The molecule has 2 rings (SSSR count). The van der Waals surface area contributed by atoms with Crippen molar-refractivity contribution in [1.82, 2.24) is 16.2 Å². The normalized spacial score (nSPS) is 9.96. The van der Waals surface area contributed by atoms with E-state index in [0.717, 1.165) is 10.0 Å². The van der Waals surface area contributed by atoms with Crippen molar-refractivity contribution in [2.24, 2.45) is 0 Å². The van der Waals surface area contributed by atoms with Crippen LogP contribution >= 0.6 is 39.7 Å². The number of carbonyl (C=O) groups is 2. The second-order valence-electron chi connectivity index (χ2n) is 4.84. The zero-order chi connectivity index (χ0) is 17.7. The van der Waals surface area contributed by atoms with Crippen LogP contribution in [-0.4, -0.2) is 16.9 Å². The first-order valence-electron chi connectivity index (χ1n) is 6.80. The summed E-state index contributed by atoms with van der Waals surface area (Å²) in [4.78, 5) is 24.0. The number of hydrazine groups is 1. The van der Waals surface area contributed by atoms with Crippen LogP contribution < -0.4 is 16.2 Å². The summed E-state index contributed by atoms with van der Waals surface area (Å²) in [7, 11) is 0. The number of halogens is 2. The summed E-state index contributed by atoms with van der Waals surface area (Å²) in [5.74, 6) is -0.808. The van der Waals surface area contributed by atoms with Gasteiger partial charge in [-0.25, -0.2) is 0 Å². The Morgan fingerprint density at radius 2 is 1.75 bits per heavy atom. The Balaban J connectivity index is 1.89. The molecule has 0 unspecified atom stereocenters. The van der Waals surface area contributed by atoms with Gasteiger partial charge >= 0.3 is 0 Å². The molecular weight excluding hydrogens is 414 g/mol. The van der Waals surface area contributed by atoms with Crippen molar-refractivity contribution >= 4 is 56.7 Å². The molecule has 0 aromatic heterocycles. The van der Waals surface area contributed by atoms with Crippen molar-refractivity contribution in [3.05, 3.63) is 68.7 Å². The fourth-order valence-corrected chi connectivity index (χ4v) is 2.47. The predicted octanol–water partition coefficient (Wildman–Crippen LogP) is 3.36. The van der Waals surface area contributed by atoms with Gasteiger partial charge in [-0.2, -0.15) is 0 Å². The third kappa shape index (κ3) is 5.02. The maximum Gasteiger partial charge on any atom is 0.269 e. The van der Waals surface area contributed by atoms with Crippen LogP contribution in [-0.2, 0) is 0 Å². The van der Waals surface area contributed by atoms with Crippen molar-refractivity contribution in [3.63, 3.8) is 0 Å². The highest BCUT2D eigenvalue weighted by atomic mass is 79.9. The summed E-state index contributed by atoms with van der Waals surface area (Å²) in [6, 6.07) is 11.6. The molecule has 0 aliphatic rings. The lowest BCUT2D eigenvalue weighted by atomic mass is 10.1. The molecule has 8 heteroatoms. The molecule has 0 saturated carbocycles. The first-order valence-corrected chi connectivity index (χ1v) is 8.38. The standard InChI is InChI=1S/C16H13BrClN3O2S/c1-9-5-6-11(8-13(9)17)15(23)20-21-16(24)19-14(22)10-3-2-4-12(18)7-10/h2-8H,1H3,(H,20,23)(H2,19,21,22,24). The Kier molecular flexibility index (Phi) is 6.30. The van der Waals surface area contributed by atoms with Gasteiger partial charge in [-0.05, 0) is 55.0 Å². The van der Waals surface area contributed by atoms with Crippen LogP contribution in [0.3, 0.4) is 0 Å². The van der Waals surface area contributed by atoms with Crippen LogP contribution in [0, 0.1) is 6.92 Å². The smallest absolute Gasteiger partial charge is 0.269 e. The van der Waals surface area contributed by atoms with Gasteiger partial charge in [-0.3, -0.25) is 25.8 Å². The second-order valence-corrected chi connectivity index (χ2v) is 6.54. The summed E-state index contributed by atoms with van der Waals surface area (Å²) >= 11 is 14.2. The average molecular weight is 427 g/mol. The first kappa shape index (κ1) is 18.4. The zero-order valence-electron chi connectivity index (χ0n) is 12.5. The second kappa shape index (κ2) is 8.23. The van der Waals surface area contributed by atoms with Crippen LogP contribution in [0.25, 0.3) is 0 Å². The van der Waals surface area contributed by atoms with Gasteiger partial charge in [0.15, 0.2) is 5.11 Å². The number of carbonyl (C=O) groups excluding carboxylic acids is 2. The van der Waals surface area contributed by atoms with E-state index in [1.807, 2.05) is 13.0 Å². The van der Waals surface area contributed by atoms with E-state index >= 15 is 0 Å². The van der Waals surface area contributed by atoms with Crippen molar-refractivity contribution in [2.75, 3.05) is 0 Å². The van der Waals surface area contributed by atoms with Crippen molar-refractivity contribution in [3.8, 4) is 0 Å². The molecule has 0 spiro atoms. The van der Waals surface area contributed by atoms with Gasteiger partial charge in [-0.15, -0.1) is 0 Å². The van der Waals surface area contributed by atoms with Gasteiger partial charge < -0.3 is 0 Å². The Morgan fingerprint density at radius 3 is 2.42 bits per heavy atom. The molecule has 2 aromatic rings. The van der Waals surface area contributed by atoms with E-state index in [4.69, 9.17) is 23.8 Å². The van der Waals surface area contributed by atoms with Gasteiger partial charge in [0.2, 0.25) is 0 Å². The molecule has 124 valence electrons. The van der Waals surface area contributed by atoms with E-state index in [0.29, 0.717) is 16.1 Å². The van der Waals surface area contributed by atoms with Crippen LogP contribution in [0.1, 0.15) is 26.3 Å². The summed E-state index contributed by atoms with van der Waals surface area (Å²) in [6.07, 6.45) is 0. The summed E-state index contributed by atoms with van der Waals surface area (Å²) < 4.78 is 0.826. The molecule has 3 N–H and O–H groups in total. The molecule has 24 heavy (non-hydrogen) atoms. The maximum absolute atomic E-state index is 12.0. The molecule has 2 aromatic carbocycles. The molecule has 0 aliphatic carbocycles. The quantitative estimate of drug-likeness (QED) is 0.509. The van der Waals surface area contributed by atoms with E-state index in [2.05, 4.69) is 32.1 Å². The van der Waals surface area contributed by atoms with Crippen LogP contribution in [0.5, 0.6) is 0 Å². The summed E-state index contributed by atoms with van der Waals surface area (Å²) in [5.41, 5.74) is 6.73. The number of thiocarbonyl (C=S) groups is 1. The third-order valence-corrected chi connectivity index (χ3v) is 4.33. The molecule has 0 fully saturated rings. The minimum Gasteiger partial charge on any atom is -0.298 e. The topological polar surface area (TPSA) is 70.2 Å². The lowest BCUT2D eigenvalue weighted by Crippen LogP contribution is -2.48. The Morgan fingerprint density at radius 1 is 1.04 bits per heavy atom. The fourth-order valence-electron chi connectivity index (χ4n) is 1.76. The molecule has 0 radical (unpaired) electrons. The Bertz CT molecular complexity index is 814. The van der Waals surface area contributed by atoms with Crippen LogP contribution in [0.15, 0.2) is 46.9 Å². The highest BCUT2D eigenvalue weighted by Gasteiger charge is 2.10. The molecule has 2 amide bonds. The molecule has 0 heterocycles. The number of aryl methyl sites for hydroxylation is 1. The van der Waals surface area contributed by atoms with E-state index in [1.165, 1.54) is 6.07 Å². The highest BCUT2D eigenvalue weighted by molar-refractivity contribution is 9.10. The van der Waals surface area contributed by atoms with Crippen molar-refractivity contribution in [2.45, 2.75) is 6.92 Å². The zero-order valence-corrected chi connectivity index (χ0v) is 15.7. The molecule has 0 bridgehead atoms. The van der Waals surface area contributed by atoms with Gasteiger partial charge in [0.05, 0.1) is 0 Å². The van der Waals surface area contributed by atoms with Crippen LogP contribution in [0.2, 0.25) is 5.02 Å². The third-order valence-electron chi connectivity index (χ3n) is 3.04. The van der Waals surface area contributed by atoms with E-state index in [-0.39, 0.29) is 11.0 Å². The molecule has 0 aliphatic heterocycles. The lowest BCUT2D eigenvalue weighted by Gasteiger charge is -2.11. The average Bonchev–Trinajstić information content (AvgIpc) is 2.55. The largest absolute Gasteiger partial charge is 0.298 e. The molecular formula is C16H13BrClN3O2S. The lowest BCUT2D eigenvalue weighted by molar-refractivity contribution is 0.0934. The number of hydrogen-bond acceptors (Lipinski definition) is 3. The minimum atomic E-state index is -0.428. The number of hydrogen-bond donors (Lipinski definition) is 3. The Labute approximate surface area is 157 Å². The van der Waals surface area contributed by atoms with Gasteiger partial charge in [0.25, 0.3) is 11.8 Å². The minimum absolute atomic E-state index is 0.0282. The van der Waals surface area contributed by atoms with E-state index < -0.39 is 5.91 Å². The SMILES string of the molecule is Cc1ccc(C(=O)NNC(=S)NC(=O)c2cccc(Cl)c2)cc1Br. The predicted molar refractivity (Wildman–Crippen MR) is 101 cm³/mol. The van der Waals surface area contributed by atoms with Crippen LogP contribution in [0.4, 0.5) is 0 Å². The van der Waals surface area contributed by atoms with Crippen molar-refractivity contribution < 1.29 is 9.59 Å². The van der Waals surface area contributed by atoms with Gasteiger partial charge in [-0.1, -0.05) is 39.7 Å². The molecule has 5 nitrogen and oxygen atoms in total. The summed E-state index contributed by atoms with van der Waals surface area (Å²) in [6.45, 7) is 1.92. The number of amides is 2. The van der Waals surface area contributed by atoms with E-state index in [9.17, 15) is 9.59 Å². The Hall–Kier alpha value is -1.96. The van der Waals surface area contributed by atoms with Gasteiger partial charge in [0.1, 0.15) is 0 Å². The van der Waals surface area contributed by atoms with Gasteiger partial charge in [0, 0.05) is 20.6 Å².